The molecule has 0 aliphatic carbocycles. The van der Waals surface area contributed by atoms with Crippen LogP contribution in [0.25, 0.3) is 22.4 Å². The summed E-state index contributed by atoms with van der Waals surface area (Å²) in [5, 5.41) is 2.86. The fourth-order valence-electron chi connectivity index (χ4n) is 3.00. The third kappa shape index (κ3) is 4.76. The zero-order valence-corrected chi connectivity index (χ0v) is 17.0. The number of hydrogen-bond acceptors (Lipinski definition) is 3. The van der Waals surface area contributed by atoms with E-state index in [4.69, 9.17) is 4.74 Å². The highest BCUT2D eigenvalue weighted by Crippen LogP contribution is 2.22. The fraction of sp³-hybridized carbons (Fsp3) is 0.130. The van der Waals surface area contributed by atoms with Crippen LogP contribution in [0.4, 0.5) is 5.69 Å². The number of carbonyl (C=O) groups excluding carboxylic acids is 1. The third-order valence-electron chi connectivity index (χ3n) is 4.53. The lowest BCUT2D eigenvalue weighted by Gasteiger charge is -2.10. The van der Waals surface area contributed by atoms with Gasteiger partial charge in [-0.1, -0.05) is 24.3 Å². The highest BCUT2D eigenvalue weighted by atomic mass is 35.5. The van der Waals surface area contributed by atoms with Crippen LogP contribution in [0, 0.1) is 13.8 Å². The SMILES string of the molecule is Cc1ccc(C)c(OCC(=O)Nc2ccc(-c3nc4ccccc4[nH]3)cc2)c1.Cl. The van der Waals surface area contributed by atoms with Crippen LogP contribution >= 0.6 is 12.4 Å². The number of para-hydroxylation sites is 2. The zero-order valence-electron chi connectivity index (χ0n) is 16.2. The van der Waals surface area contributed by atoms with Crippen molar-refractivity contribution < 1.29 is 9.53 Å². The molecule has 5 nitrogen and oxygen atoms in total. The number of anilines is 1. The predicted octanol–water partition coefficient (Wildman–Crippen LogP) is 5.29. The summed E-state index contributed by atoms with van der Waals surface area (Å²) in [7, 11) is 0. The summed E-state index contributed by atoms with van der Waals surface area (Å²) in [6, 6.07) is 21.4. The monoisotopic (exact) mass is 407 g/mol. The van der Waals surface area contributed by atoms with E-state index in [9.17, 15) is 4.79 Å². The smallest absolute Gasteiger partial charge is 0.262 e. The van der Waals surface area contributed by atoms with E-state index in [0.717, 1.165) is 45.0 Å². The Morgan fingerprint density at radius 3 is 2.55 bits per heavy atom. The van der Waals surface area contributed by atoms with Gasteiger partial charge in [-0.2, -0.15) is 0 Å². The van der Waals surface area contributed by atoms with Crippen LogP contribution in [0.3, 0.4) is 0 Å². The van der Waals surface area contributed by atoms with Gasteiger partial charge in [-0.15, -0.1) is 12.4 Å². The Morgan fingerprint density at radius 1 is 1.03 bits per heavy atom. The number of imidazole rings is 1. The van der Waals surface area contributed by atoms with Crippen molar-refractivity contribution in [2.24, 2.45) is 0 Å². The molecule has 4 aromatic rings. The first-order chi connectivity index (χ1) is 13.6. The van der Waals surface area contributed by atoms with Crippen molar-refractivity contribution >= 4 is 35.0 Å². The number of hydrogen-bond donors (Lipinski definition) is 2. The molecule has 0 aliphatic rings. The quantitative estimate of drug-likeness (QED) is 0.472. The van der Waals surface area contributed by atoms with Crippen LogP contribution in [-0.2, 0) is 4.79 Å². The predicted molar refractivity (Wildman–Crippen MR) is 119 cm³/mol. The van der Waals surface area contributed by atoms with Crippen molar-refractivity contribution in [2.75, 3.05) is 11.9 Å². The molecule has 6 heteroatoms. The number of nitrogens with zero attached hydrogens (tertiary/aromatic N) is 1. The molecule has 4 rings (SSSR count). The van der Waals surface area contributed by atoms with Crippen LogP contribution in [0.2, 0.25) is 0 Å². The second kappa shape index (κ2) is 8.80. The van der Waals surface area contributed by atoms with E-state index in [2.05, 4.69) is 15.3 Å². The number of carbonyl (C=O) groups is 1. The largest absolute Gasteiger partial charge is 0.483 e. The number of halogens is 1. The van der Waals surface area contributed by atoms with Gasteiger partial charge in [0.15, 0.2) is 6.61 Å². The van der Waals surface area contributed by atoms with Gasteiger partial charge in [0.2, 0.25) is 0 Å². The Kier molecular flexibility index (Phi) is 6.20. The summed E-state index contributed by atoms with van der Waals surface area (Å²) in [6.07, 6.45) is 0. The summed E-state index contributed by atoms with van der Waals surface area (Å²) in [5.41, 5.74) is 5.71. The summed E-state index contributed by atoms with van der Waals surface area (Å²) < 4.78 is 5.65. The first-order valence-electron chi connectivity index (χ1n) is 9.13. The van der Waals surface area contributed by atoms with E-state index in [1.807, 2.05) is 80.6 Å². The van der Waals surface area contributed by atoms with Gasteiger partial charge in [-0.25, -0.2) is 4.98 Å². The third-order valence-corrected chi connectivity index (χ3v) is 4.53. The lowest BCUT2D eigenvalue weighted by atomic mass is 10.1. The number of H-pyrrole nitrogens is 1. The normalized spacial score (nSPS) is 10.4. The maximum absolute atomic E-state index is 12.2. The standard InChI is InChI=1S/C23H21N3O2.ClH/c1-15-7-8-16(2)21(13-15)28-14-22(27)24-18-11-9-17(10-12-18)23-25-19-5-3-4-6-20(19)26-23;/h3-13H,14H2,1-2H3,(H,24,27)(H,25,26);1H. The van der Waals surface area contributed by atoms with E-state index in [1.54, 1.807) is 0 Å². The Morgan fingerprint density at radius 2 is 1.79 bits per heavy atom. The van der Waals surface area contributed by atoms with Crippen LogP contribution in [0.1, 0.15) is 11.1 Å². The van der Waals surface area contributed by atoms with Crippen molar-refractivity contribution in [3.8, 4) is 17.1 Å². The fourth-order valence-corrected chi connectivity index (χ4v) is 3.00. The Labute approximate surface area is 175 Å². The zero-order chi connectivity index (χ0) is 19.5. The lowest BCUT2D eigenvalue weighted by Crippen LogP contribution is -2.20. The molecule has 0 atom stereocenters. The second-order valence-electron chi connectivity index (χ2n) is 6.79. The van der Waals surface area contributed by atoms with E-state index in [1.165, 1.54) is 0 Å². The van der Waals surface area contributed by atoms with Crippen molar-refractivity contribution in [1.82, 2.24) is 9.97 Å². The number of ether oxygens (including phenoxy) is 1. The molecule has 3 aromatic carbocycles. The van der Waals surface area contributed by atoms with E-state index in [-0.39, 0.29) is 24.9 Å². The minimum absolute atomic E-state index is 0. The number of aryl methyl sites for hydroxylation is 2. The topological polar surface area (TPSA) is 67.0 Å². The summed E-state index contributed by atoms with van der Waals surface area (Å²) in [6.45, 7) is 3.93. The number of nitrogens with one attached hydrogen (secondary N) is 2. The van der Waals surface area contributed by atoms with Gasteiger partial charge in [0.1, 0.15) is 11.6 Å². The molecule has 148 valence electrons. The van der Waals surface area contributed by atoms with Gasteiger partial charge in [-0.05, 0) is 67.4 Å². The molecule has 1 heterocycles. The molecule has 0 spiro atoms. The minimum Gasteiger partial charge on any atom is -0.483 e. The first kappa shape index (κ1) is 20.4. The number of fused-ring (bicyclic) bond motifs is 1. The van der Waals surface area contributed by atoms with Crippen LogP contribution < -0.4 is 10.1 Å². The molecule has 0 unspecified atom stereocenters. The molecule has 2 N–H and O–H groups in total. The van der Waals surface area contributed by atoms with E-state index < -0.39 is 0 Å². The van der Waals surface area contributed by atoms with Crippen LogP contribution in [0.15, 0.2) is 66.7 Å². The number of aromatic nitrogens is 2. The molecule has 29 heavy (non-hydrogen) atoms. The molecule has 0 saturated carbocycles. The second-order valence-corrected chi connectivity index (χ2v) is 6.79. The van der Waals surface area contributed by atoms with Crippen molar-refractivity contribution in [3.05, 3.63) is 77.9 Å². The minimum atomic E-state index is -0.197. The number of amides is 1. The van der Waals surface area contributed by atoms with Gasteiger partial charge in [-0.3, -0.25) is 4.79 Å². The molecule has 0 aliphatic heterocycles. The van der Waals surface area contributed by atoms with Crippen molar-refractivity contribution in [1.29, 1.82) is 0 Å². The average Bonchev–Trinajstić information content (AvgIpc) is 3.13. The Hall–Kier alpha value is -3.31. The summed E-state index contributed by atoms with van der Waals surface area (Å²) in [4.78, 5) is 20.1. The van der Waals surface area contributed by atoms with Gasteiger partial charge >= 0.3 is 0 Å². The molecule has 0 saturated heterocycles. The van der Waals surface area contributed by atoms with Gasteiger partial charge in [0.05, 0.1) is 11.0 Å². The highest BCUT2D eigenvalue weighted by molar-refractivity contribution is 5.92. The van der Waals surface area contributed by atoms with Crippen LogP contribution in [-0.4, -0.2) is 22.5 Å². The first-order valence-corrected chi connectivity index (χ1v) is 9.13. The molecular weight excluding hydrogens is 386 g/mol. The Bertz CT molecular complexity index is 1100. The Balaban J connectivity index is 0.00000240. The maximum atomic E-state index is 12.2. The molecule has 1 aromatic heterocycles. The molecule has 0 radical (unpaired) electrons. The van der Waals surface area contributed by atoms with E-state index >= 15 is 0 Å². The van der Waals surface area contributed by atoms with Gasteiger partial charge in [0.25, 0.3) is 5.91 Å². The number of rotatable bonds is 5. The number of aromatic amines is 1. The van der Waals surface area contributed by atoms with Gasteiger partial charge in [0, 0.05) is 11.3 Å². The van der Waals surface area contributed by atoms with Gasteiger partial charge < -0.3 is 15.0 Å². The summed E-state index contributed by atoms with van der Waals surface area (Å²) in [5.74, 6) is 1.34. The molecular formula is C23H22ClN3O2. The van der Waals surface area contributed by atoms with Crippen molar-refractivity contribution in [3.63, 3.8) is 0 Å². The number of benzene rings is 3. The summed E-state index contributed by atoms with van der Waals surface area (Å²) >= 11 is 0. The van der Waals surface area contributed by atoms with Crippen LogP contribution in [0.5, 0.6) is 5.75 Å². The maximum Gasteiger partial charge on any atom is 0.262 e. The molecule has 1 amide bonds. The van der Waals surface area contributed by atoms with Crippen molar-refractivity contribution in [2.45, 2.75) is 13.8 Å². The average molecular weight is 408 g/mol. The lowest BCUT2D eigenvalue weighted by molar-refractivity contribution is -0.118. The molecule has 0 fully saturated rings. The highest BCUT2D eigenvalue weighted by Gasteiger charge is 2.08. The van der Waals surface area contributed by atoms with E-state index in [0.29, 0.717) is 0 Å². The molecule has 0 bridgehead atoms.